The number of hydrogen-bond acceptors (Lipinski definition) is 1. The van der Waals surface area contributed by atoms with E-state index >= 15 is 0 Å². The van der Waals surface area contributed by atoms with Gasteiger partial charge < -0.3 is 5.32 Å². The molecule has 0 spiro atoms. The summed E-state index contributed by atoms with van der Waals surface area (Å²) in [7, 11) is 1.88. The Morgan fingerprint density at radius 1 is 1.40 bits per heavy atom. The van der Waals surface area contributed by atoms with E-state index in [4.69, 9.17) is 11.6 Å². The highest BCUT2D eigenvalue weighted by atomic mass is 35.5. The number of nitrogens with one attached hydrogen (secondary N) is 1. The minimum atomic E-state index is -1.39. The first-order valence-electron chi connectivity index (χ1n) is 5.08. The Labute approximate surface area is 95.6 Å². The minimum Gasteiger partial charge on any atom is -0.319 e. The summed E-state index contributed by atoms with van der Waals surface area (Å²) in [4.78, 5) is 0. The molecule has 0 fully saturated rings. The van der Waals surface area contributed by atoms with Crippen LogP contribution in [-0.4, -0.2) is 13.6 Å². The van der Waals surface area contributed by atoms with Gasteiger partial charge in [0.25, 0.3) is 0 Å². The quantitative estimate of drug-likeness (QED) is 0.836. The second-order valence-corrected chi connectivity index (χ2v) is 4.51. The van der Waals surface area contributed by atoms with Crippen molar-refractivity contribution in [3.05, 3.63) is 34.3 Å². The zero-order valence-electron chi connectivity index (χ0n) is 9.40. The molecule has 0 aliphatic carbocycles. The summed E-state index contributed by atoms with van der Waals surface area (Å²) in [6.07, 6.45) is 0.791. The zero-order valence-corrected chi connectivity index (χ0v) is 10.2. The van der Waals surface area contributed by atoms with Crippen LogP contribution in [0.2, 0.25) is 5.02 Å². The lowest BCUT2D eigenvalue weighted by Crippen LogP contribution is -2.17. The van der Waals surface area contributed by atoms with E-state index in [1.807, 2.05) is 19.2 Å². The first kappa shape index (κ1) is 12.5. The largest absolute Gasteiger partial charge is 0.319 e. The molecule has 0 saturated carbocycles. The smallest absolute Gasteiger partial charge is 0.132 e. The molecule has 1 aromatic rings. The van der Waals surface area contributed by atoms with E-state index in [9.17, 15) is 4.39 Å². The highest BCUT2D eigenvalue weighted by Gasteiger charge is 2.24. The van der Waals surface area contributed by atoms with E-state index in [2.05, 4.69) is 5.32 Å². The van der Waals surface area contributed by atoms with Gasteiger partial charge in [-0.05, 0) is 45.5 Å². The van der Waals surface area contributed by atoms with Crippen LogP contribution >= 0.6 is 11.6 Å². The van der Waals surface area contributed by atoms with Crippen molar-refractivity contribution < 1.29 is 4.39 Å². The first-order chi connectivity index (χ1) is 6.96. The monoisotopic (exact) mass is 229 g/mol. The summed E-state index contributed by atoms with van der Waals surface area (Å²) in [6, 6.07) is 5.53. The topological polar surface area (TPSA) is 12.0 Å². The maximum absolute atomic E-state index is 14.0. The predicted octanol–water partition coefficient (Wildman–Crippen LogP) is 3.31. The molecule has 1 nitrogen and oxygen atoms in total. The van der Waals surface area contributed by atoms with E-state index in [-0.39, 0.29) is 0 Å². The van der Waals surface area contributed by atoms with E-state index in [0.717, 1.165) is 18.5 Å². The lowest BCUT2D eigenvalue weighted by molar-refractivity contribution is 0.220. The molecule has 0 unspecified atom stereocenters. The molecule has 0 saturated heterocycles. The molecule has 0 amide bonds. The summed E-state index contributed by atoms with van der Waals surface area (Å²) in [5, 5.41) is 3.56. The summed E-state index contributed by atoms with van der Waals surface area (Å²) in [6.45, 7) is 3.90. The van der Waals surface area contributed by atoms with Crippen LogP contribution in [0.3, 0.4) is 0 Å². The van der Waals surface area contributed by atoms with E-state index in [1.54, 1.807) is 6.07 Å². The molecule has 1 rings (SSSR count). The van der Waals surface area contributed by atoms with Crippen molar-refractivity contribution in [1.82, 2.24) is 5.32 Å². The highest BCUT2D eigenvalue weighted by molar-refractivity contribution is 6.31. The third kappa shape index (κ3) is 3.18. The van der Waals surface area contributed by atoms with E-state index < -0.39 is 5.67 Å². The molecule has 0 aromatic heterocycles. The summed E-state index contributed by atoms with van der Waals surface area (Å²) in [5.74, 6) is 0. The van der Waals surface area contributed by atoms with Gasteiger partial charge in [-0.1, -0.05) is 23.7 Å². The van der Waals surface area contributed by atoms with Gasteiger partial charge in [-0.25, -0.2) is 4.39 Å². The first-order valence-corrected chi connectivity index (χ1v) is 5.46. The molecule has 1 aromatic carbocycles. The van der Waals surface area contributed by atoms with Gasteiger partial charge in [-0.15, -0.1) is 0 Å². The molecule has 0 aliphatic rings. The number of hydrogen-bond donors (Lipinski definition) is 1. The van der Waals surface area contributed by atoms with Crippen molar-refractivity contribution in [3.8, 4) is 0 Å². The average Bonchev–Trinajstić information content (AvgIpc) is 2.12. The third-order valence-electron chi connectivity index (χ3n) is 2.34. The summed E-state index contributed by atoms with van der Waals surface area (Å²) >= 11 is 6.03. The minimum absolute atomic E-state index is 0.510. The molecule has 0 bridgehead atoms. The number of rotatable bonds is 4. The van der Waals surface area contributed by atoms with Crippen LogP contribution in [0.5, 0.6) is 0 Å². The van der Waals surface area contributed by atoms with Crippen molar-refractivity contribution >= 4 is 11.6 Å². The van der Waals surface area contributed by atoms with Gasteiger partial charge in [0, 0.05) is 10.6 Å². The van der Waals surface area contributed by atoms with Crippen LogP contribution in [0, 0.1) is 0 Å². The van der Waals surface area contributed by atoms with Crippen LogP contribution in [0.25, 0.3) is 0 Å². The van der Waals surface area contributed by atoms with Gasteiger partial charge >= 0.3 is 0 Å². The number of alkyl halides is 1. The molecule has 3 heteroatoms. The lowest BCUT2D eigenvalue weighted by atomic mass is 9.93. The molecular formula is C12H17ClFN. The lowest BCUT2D eigenvalue weighted by Gasteiger charge is -2.20. The maximum Gasteiger partial charge on any atom is 0.132 e. The number of benzene rings is 1. The van der Waals surface area contributed by atoms with Gasteiger partial charge in [-0.3, -0.25) is 0 Å². The van der Waals surface area contributed by atoms with Crippen molar-refractivity contribution in [1.29, 1.82) is 0 Å². The van der Waals surface area contributed by atoms with Gasteiger partial charge in [-0.2, -0.15) is 0 Å². The Morgan fingerprint density at radius 3 is 2.60 bits per heavy atom. The fraction of sp³-hybridized carbons (Fsp3) is 0.500. The highest BCUT2D eigenvalue weighted by Crippen LogP contribution is 2.34. The van der Waals surface area contributed by atoms with Crippen LogP contribution in [0.1, 0.15) is 25.0 Å². The fourth-order valence-corrected chi connectivity index (χ4v) is 2.12. The molecule has 1 N–H and O–H groups in total. The van der Waals surface area contributed by atoms with Gasteiger partial charge in [0.1, 0.15) is 5.67 Å². The second-order valence-electron chi connectivity index (χ2n) is 4.10. The Bertz CT molecular complexity index is 331. The van der Waals surface area contributed by atoms with Gasteiger partial charge in [0.05, 0.1) is 0 Å². The molecule has 15 heavy (non-hydrogen) atoms. The van der Waals surface area contributed by atoms with Gasteiger partial charge in [0.2, 0.25) is 0 Å². The van der Waals surface area contributed by atoms with Crippen LogP contribution in [-0.2, 0) is 12.1 Å². The van der Waals surface area contributed by atoms with Crippen LogP contribution in [0.15, 0.2) is 18.2 Å². The fourth-order valence-electron chi connectivity index (χ4n) is 1.70. The SMILES string of the molecule is CNCCc1cccc(Cl)c1C(C)(C)F. The van der Waals surface area contributed by atoms with Gasteiger partial charge in [0.15, 0.2) is 0 Å². The Hall–Kier alpha value is -0.600. The summed E-state index contributed by atoms with van der Waals surface area (Å²) < 4.78 is 14.0. The van der Waals surface area contributed by atoms with E-state index in [1.165, 1.54) is 13.8 Å². The number of likely N-dealkylation sites (N-methyl/N-ethyl adjacent to an activating group) is 1. The average molecular weight is 230 g/mol. The number of halogens is 2. The zero-order chi connectivity index (χ0) is 11.5. The van der Waals surface area contributed by atoms with Crippen LogP contribution < -0.4 is 5.32 Å². The third-order valence-corrected chi connectivity index (χ3v) is 2.65. The predicted molar refractivity (Wildman–Crippen MR) is 63.2 cm³/mol. The second kappa shape index (κ2) is 4.95. The molecule has 0 atom stereocenters. The molecule has 0 radical (unpaired) electrons. The molecule has 0 aliphatic heterocycles. The molecule has 0 heterocycles. The van der Waals surface area contributed by atoms with Crippen LogP contribution in [0.4, 0.5) is 4.39 Å². The van der Waals surface area contributed by atoms with Crippen molar-refractivity contribution in [2.75, 3.05) is 13.6 Å². The Kier molecular flexibility index (Phi) is 4.12. The molecule has 84 valence electrons. The maximum atomic E-state index is 14.0. The Morgan fingerprint density at radius 2 is 2.07 bits per heavy atom. The van der Waals surface area contributed by atoms with E-state index in [0.29, 0.717) is 10.6 Å². The molecular weight excluding hydrogens is 213 g/mol. The van der Waals surface area contributed by atoms with Crippen molar-refractivity contribution in [3.63, 3.8) is 0 Å². The Balaban J connectivity index is 3.09. The normalized spacial score (nSPS) is 11.8. The summed E-state index contributed by atoms with van der Waals surface area (Å²) in [5.41, 5.74) is 0.202. The van der Waals surface area contributed by atoms with Crippen molar-refractivity contribution in [2.24, 2.45) is 0 Å². The standard InChI is InChI=1S/C12H17ClFN/c1-12(2,14)11-9(7-8-15-3)5-4-6-10(11)13/h4-6,15H,7-8H2,1-3H3. The van der Waals surface area contributed by atoms with Crippen molar-refractivity contribution in [2.45, 2.75) is 25.9 Å².